The van der Waals surface area contributed by atoms with Gasteiger partial charge in [-0.3, -0.25) is 33.8 Å². The summed E-state index contributed by atoms with van der Waals surface area (Å²) in [6.45, 7) is 25.3. The number of hydrogen-bond donors (Lipinski definition) is 4. The van der Waals surface area contributed by atoms with Gasteiger partial charge in [-0.15, -0.1) is 23.1 Å². The third kappa shape index (κ3) is 20.6. The summed E-state index contributed by atoms with van der Waals surface area (Å²) < 4.78 is 100. The zero-order valence-electron chi connectivity index (χ0n) is 58.6. The number of halogens is 3. The summed E-state index contributed by atoms with van der Waals surface area (Å²) in [5, 5.41) is 8.93. The molecule has 0 saturated carbocycles. The average Bonchev–Trinajstić information content (AvgIpc) is 0.936. The van der Waals surface area contributed by atoms with Crippen LogP contribution in [0.5, 0.6) is 0 Å². The van der Waals surface area contributed by atoms with Gasteiger partial charge in [0.05, 0.1) is 26.7 Å². The van der Waals surface area contributed by atoms with Crippen LogP contribution in [0.4, 0.5) is 24.5 Å². The number of alkyl halides is 3. The van der Waals surface area contributed by atoms with E-state index in [-0.39, 0.29) is 60.3 Å². The van der Waals surface area contributed by atoms with Gasteiger partial charge in [0, 0.05) is 119 Å². The molecule has 4 aromatic carbocycles. The van der Waals surface area contributed by atoms with E-state index in [1.165, 1.54) is 35.0 Å². The molecule has 0 bridgehead atoms. The first-order valence-corrected chi connectivity index (χ1v) is 39.5. The van der Waals surface area contributed by atoms with E-state index < -0.39 is 76.2 Å². The molecule has 9 rings (SSSR count). The van der Waals surface area contributed by atoms with E-state index in [2.05, 4.69) is 63.0 Å². The number of sulfone groups is 1. The Kier molecular flexibility index (Phi) is 26.0. The molecule has 3 saturated heterocycles. The van der Waals surface area contributed by atoms with E-state index in [9.17, 15) is 54.0 Å². The number of likely N-dealkylation sites (tertiary alicyclic amines) is 1. The quantitative estimate of drug-likeness (QED) is 0.0258. The second-order valence-electron chi connectivity index (χ2n) is 28.6. The molecule has 0 radical (unpaired) electrons. The van der Waals surface area contributed by atoms with Gasteiger partial charge in [-0.2, -0.15) is 13.2 Å². The van der Waals surface area contributed by atoms with Gasteiger partial charge in [0.15, 0.2) is 0 Å². The number of allylic oxidation sites excluding steroid dienone is 2. The second kappa shape index (κ2) is 33.8. The number of nitrogens with zero attached hydrogens (tertiary/aromatic N) is 6. The van der Waals surface area contributed by atoms with Gasteiger partial charge in [-0.05, 0) is 148 Å². The van der Waals surface area contributed by atoms with Gasteiger partial charge < -0.3 is 30.7 Å². The number of thioether (sulfide) groups is 1. The maximum atomic E-state index is 14.6. The zero-order valence-corrected chi connectivity index (χ0v) is 61.8. The molecule has 0 unspecified atom stereocenters. The third-order valence-corrected chi connectivity index (χ3v) is 24.5. The molecule has 19 nitrogen and oxygen atoms in total. The fraction of sp³-hybridized carbons (Fsp3) is 0.514. The molecular weight excluding hydrogens is 1360 g/mol. The van der Waals surface area contributed by atoms with E-state index in [1.54, 1.807) is 44.4 Å². The van der Waals surface area contributed by atoms with Crippen LogP contribution in [-0.4, -0.2) is 172 Å². The van der Waals surface area contributed by atoms with Crippen molar-refractivity contribution in [2.45, 2.75) is 170 Å². The van der Waals surface area contributed by atoms with E-state index in [0.717, 1.165) is 116 Å². The second-order valence-corrected chi connectivity index (χ2v) is 34.1. The van der Waals surface area contributed by atoms with E-state index >= 15 is 0 Å². The molecule has 0 spiro atoms. The number of piperazine rings is 2. The van der Waals surface area contributed by atoms with Gasteiger partial charge in [0.1, 0.15) is 17.0 Å². The number of nitrogens with one attached hydrogen (secondary N) is 4. The summed E-state index contributed by atoms with van der Waals surface area (Å²) in [7, 11) is -11.1. The lowest BCUT2D eigenvalue weighted by Crippen LogP contribution is -2.57. The number of amides is 5. The van der Waals surface area contributed by atoms with E-state index in [4.69, 9.17) is 0 Å². The van der Waals surface area contributed by atoms with Crippen molar-refractivity contribution in [3.8, 4) is 10.4 Å². The van der Waals surface area contributed by atoms with Crippen LogP contribution in [0, 0.1) is 17.8 Å². The highest BCUT2D eigenvalue weighted by atomic mass is 32.2. The molecule has 5 aromatic rings. The molecule has 26 heteroatoms. The number of carbonyl (C=O) groups excluding carboxylic acids is 5. The maximum absolute atomic E-state index is 14.6. The number of aromatic nitrogens is 1. The molecule has 1 aliphatic carbocycles. The lowest BCUT2D eigenvalue weighted by Gasteiger charge is -2.39. The molecule has 100 heavy (non-hydrogen) atoms. The van der Waals surface area contributed by atoms with Crippen molar-refractivity contribution >= 4 is 83.9 Å². The van der Waals surface area contributed by atoms with Crippen molar-refractivity contribution in [3.63, 3.8) is 0 Å². The summed E-state index contributed by atoms with van der Waals surface area (Å²) in [5.41, 5.74) is 3.16. The molecule has 3 aliphatic heterocycles. The van der Waals surface area contributed by atoms with Crippen molar-refractivity contribution in [1.29, 1.82) is 0 Å². The maximum Gasteiger partial charge on any atom is 0.501 e. The van der Waals surface area contributed by atoms with Gasteiger partial charge in [0.25, 0.3) is 25.8 Å². The molecule has 5 amide bonds. The monoisotopic (exact) mass is 1450 g/mol. The van der Waals surface area contributed by atoms with Crippen LogP contribution < -0.4 is 25.6 Å². The highest BCUT2D eigenvalue weighted by molar-refractivity contribution is 7.99. The number of anilines is 2. The molecule has 3 atom stereocenters. The molecule has 542 valence electrons. The first-order chi connectivity index (χ1) is 47.4. The topological polar surface area (TPSA) is 231 Å². The minimum atomic E-state index is -6.18. The Balaban J connectivity index is 0.760. The number of aryl methyl sites for hydroxylation is 1. The Morgan fingerprint density at radius 2 is 1.51 bits per heavy atom. The van der Waals surface area contributed by atoms with Gasteiger partial charge >= 0.3 is 5.51 Å². The zero-order chi connectivity index (χ0) is 72.2. The average molecular weight is 1460 g/mol. The number of thiazole rings is 1. The summed E-state index contributed by atoms with van der Waals surface area (Å²) in [6.07, 6.45) is 8.08. The van der Waals surface area contributed by atoms with Crippen LogP contribution in [0.2, 0.25) is 0 Å². The van der Waals surface area contributed by atoms with E-state index in [1.807, 2.05) is 87.0 Å². The normalized spacial score (nSPS) is 17.9. The minimum Gasteiger partial charge on any atom is -0.380 e. The van der Waals surface area contributed by atoms with Crippen LogP contribution in [-0.2, 0) is 45.6 Å². The smallest absolute Gasteiger partial charge is 0.380 e. The Hall–Kier alpha value is -7.10. The lowest BCUT2D eigenvalue weighted by atomic mass is 9.73. The van der Waals surface area contributed by atoms with Gasteiger partial charge in [-0.25, -0.2) is 26.5 Å². The Labute approximate surface area is 596 Å². The van der Waals surface area contributed by atoms with Crippen molar-refractivity contribution < 1.29 is 54.0 Å². The Bertz CT molecular complexity index is 3960. The van der Waals surface area contributed by atoms with Gasteiger partial charge in [-0.1, -0.05) is 107 Å². The van der Waals surface area contributed by atoms with Crippen LogP contribution in [0.1, 0.15) is 140 Å². The largest absolute Gasteiger partial charge is 0.501 e. The van der Waals surface area contributed by atoms with Gasteiger partial charge in [0.2, 0.25) is 23.6 Å². The fourth-order valence-corrected chi connectivity index (χ4v) is 17.1. The highest BCUT2D eigenvalue weighted by Gasteiger charge is 2.49. The van der Waals surface area contributed by atoms with Crippen molar-refractivity contribution in [3.05, 3.63) is 143 Å². The summed E-state index contributed by atoms with van der Waals surface area (Å²) in [6, 6.07) is 23.6. The fourth-order valence-electron chi connectivity index (χ4n) is 13.3. The predicted octanol–water partition coefficient (Wildman–Crippen LogP) is 12.0. The molecule has 1 aromatic heterocycles. The minimum absolute atomic E-state index is 0.0162. The number of hydrogen-bond acceptors (Lipinski definition) is 16. The highest BCUT2D eigenvalue weighted by Crippen LogP contribution is 2.42. The Morgan fingerprint density at radius 3 is 2.16 bits per heavy atom. The van der Waals surface area contributed by atoms with E-state index in [0.29, 0.717) is 64.6 Å². The lowest BCUT2D eigenvalue weighted by molar-refractivity contribution is -0.144. The summed E-state index contributed by atoms with van der Waals surface area (Å²) in [4.78, 5) is 82.6. The van der Waals surface area contributed by atoms with Crippen LogP contribution in [0.25, 0.3) is 10.4 Å². The van der Waals surface area contributed by atoms with Crippen LogP contribution >= 0.6 is 23.1 Å². The molecule has 4 aliphatic rings. The van der Waals surface area contributed by atoms with Crippen molar-refractivity contribution in [2.75, 3.05) is 88.0 Å². The van der Waals surface area contributed by atoms with Crippen molar-refractivity contribution in [2.24, 2.45) is 10.8 Å². The van der Waals surface area contributed by atoms with Crippen LogP contribution in [0.3, 0.4) is 0 Å². The van der Waals surface area contributed by atoms with Crippen LogP contribution in [0.15, 0.2) is 141 Å². The third-order valence-electron chi connectivity index (χ3n) is 19.5. The number of benzene rings is 4. The summed E-state index contributed by atoms with van der Waals surface area (Å²) >= 11 is 2.95. The standard InChI is InChI=1S/C74H97F3N10O9S4/c1-9-51(2)20-23-56-46-73(7,8)34-32-57(56)48-84-39-41-85(42-40-84)59-28-26-55(27-29-59)69(90)82-100(95,96)61-30-31-62(64(45-61)99(93,94)74(75,76)77)80-58(49-97-60-15-11-10-12-16-60)33-36-83-37-43-86(44-38-83)66(89)19-13-18-65(88)81-68(72(4,5)6)71(92)87-35-14-17-63(87)70(91)78-47-53-21-24-54(25-22-53)67-52(3)79-50-98-67/h10-12,15-16,21-22,24-31,45,50,58,63,68,80H,2,9,13-14,17-20,23,32-44,46-49H2,1,3-8H3,(H,78,91)(H,81,88)(H,82,90)/t58-,63+,68-/m1/s1. The predicted molar refractivity (Wildman–Crippen MR) is 389 cm³/mol. The number of rotatable bonds is 29. The molecular formula is C74H97F3N10O9S4. The molecule has 3 fully saturated rings. The molecule has 4 heterocycles. The first-order valence-electron chi connectivity index (χ1n) is 34.7. The number of carbonyl (C=O) groups is 5. The van der Waals surface area contributed by atoms with Crippen molar-refractivity contribution in [1.82, 2.24) is 39.9 Å². The first kappa shape index (κ1) is 77.1. The Morgan fingerprint density at radius 1 is 0.820 bits per heavy atom. The summed E-state index contributed by atoms with van der Waals surface area (Å²) in [5.74, 6) is -1.96. The SMILES string of the molecule is C=C(CC)CCC1=C(CN2CCN(c3ccc(C(=O)NS(=O)(=O)c4ccc(N[C@H](CCN5CCN(C(=O)CCCC(=O)N[C@H](C(=O)N6CCC[C@H]6C(=O)NCc6ccc(-c7scnc7C)cc6)C(C)(C)C)CC5)CSc5ccccc5)c(S(=O)(=O)C(F)(F)F)c4)cc3)CC2)CCC(C)(C)C1. The molecule has 4 N–H and O–H groups in total. The number of sulfonamides is 1.